The number of thiazole rings is 1. The lowest BCUT2D eigenvalue weighted by molar-refractivity contribution is -0.114. The molecule has 150 valence electrons. The Balaban J connectivity index is 1.79. The van der Waals surface area contributed by atoms with Gasteiger partial charge in [0.05, 0.1) is 24.5 Å². The number of carbonyl (C=O) groups is 3. The highest BCUT2D eigenvalue weighted by atomic mass is 32.1. The normalized spacial score (nSPS) is 10.3. The Morgan fingerprint density at radius 2 is 1.76 bits per heavy atom. The molecule has 10 heteroatoms. The zero-order valence-electron chi connectivity index (χ0n) is 15.9. The van der Waals surface area contributed by atoms with Crippen LogP contribution in [0.5, 0.6) is 5.75 Å². The molecule has 0 saturated heterocycles. The number of urea groups is 1. The van der Waals surface area contributed by atoms with Gasteiger partial charge in [-0.3, -0.25) is 4.79 Å². The van der Waals surface area contributed by atoms with Crippen molar-refractivity contribution in [3.8, 4) is 5.75 Å². The van der Waals surface area contributed by atoms with E-state index in [1.807, 2.05) is 0 Å². The number of carbonyl (C=O) groups excluding carboxylic acids is 3. The Morgan fingerprint density at radius 1 is 1.00 bits per heavy atom. The van der Waals surface area contributed by atoms with Crippen LogP contribution in [0, 0.1) is 0 Å². The molecule has 0 aliphatic rings. The number of nitrogens with one attached hydrogen (secondary N) is 3. The second-order valence-electron chi connectivity index (χ2n) is 5.88. The summed E-state index contributed by atoms with van der Waals surface area (Å²) in [5.74, 6) is -0.266. The molecule has 0 bridgehead atoms. The molecule has 0 unspecified atom stereocenters. The number of hydrogen-bond acceptors (Lipinski definition) is 7. The van der Waals surface area contributed by atoms with Crippen molar-refractivity contribution in [2.24, 2.45) is 0 Å². The highest BCUT2D eigenvalue weighted by Crippen LogP contribution is 2.35. The maximum Gasteiger partial charge on any atom is 0.337 e. The first-order chi connectivity index (χ1) is 13.9. The molecule has 0 saturated carbocycles. The van der Waals surface area contributed by atoms with Gasteiger partial charge in [0, 0.05) is 24.4 Å². The number of fused-ring (bicyclic) bond motifs is 1. The van der Waals surface area contributed by atoms with Crippen molar-refractivity contribution < 1.29 is 23.9 Å². The Hall–Kier alpha value is -3.66. The number of hydrogen-bond donors (Lipinski definition) is 3. The van der Waals surface area contributed by atoms with E-state index in [2.05, 4.69) is 25.7 Å². The molecule has 9 nitrogen and oxygen atoms in total. The van der Waals surface area contributed by atoms with Crippen LogP contribution in [0.15, 0.2) is 36.4 Å². The Labute approximate surface area is 170 Å². The van der Waals surface area contributed by atoms with Gasteiger partial charge in [-0.05, 0) is 24.3 Å². The van der Waals surface area contributed by atoms with Gasteiger partial charge in [0.25, 0.3) is 0 Å². The molecule has 29 heavy (non-hydrogen) atoms. The van der Waals surface area contributed by atoms with E-state index in [-0.39, 0.29) is 5.91 Å². The van der Waals surface area contributed by atoms with Gasteiger partial charge in [0.1, 0.15) is 11.3 Å². The van der Waals surface area contributed by atoms with Crippen molar-refractivity contribution in [3.05, 3.63) is 42.0 Å². The number of ether oxygens (including phenoxy) is 2. The second-order valence-corrected chi connectivity index (χ2v) is 6.91. The summed E-state index contributed by atoms with van der Waals surface area (Å²) in [4.78, 5) is 39.6. The van der Waals surface area contributed by atoms with E-state index in [1.54, 1.807) is 30.3 Å². The van der Waals surface area contributed by atoms with Gasteiger partial charge >= 0.3 is 12.0 Å². The fourth-order valence-corrected chi connectivity index (χ4v) is 3.53. The molecular formula is C19H18N4O5S. The predicted molar refractivity (Wildman–Crippen MR) is 111 cm³/mol. The second kappa shape index (κ2) is 8.57. The van der Waals surface area contributed by atoms with E-state index in [4.69, 9.17) is 4.74 Å². The number of methoxy groups -OCH3 is 2. The van der Waals surface area contributed by atoms with Gasteiger partial charge < -0.3 is 25.4 Å². The molecule has 2 aromatic carbocycles. The van der Waals surface area contributed by atoms with Crippen molar-refractivity contribution in [1.82, 2.24) is 4.98 Å². The van der Waals surface area contributed by atoms with Crippen molar-refractivity contribution >= 4 is 56.0 Å². The third-order valence-electron chi connectivity index (χ3n) is 3.76. The zero-order chi connectivity index (χ0) is 21.0. The van der Waals surface area contributed by atoms with Gasteiger partial charge in [-0.2, -0.15) is 0 Å². The smallest absolute Gasteiger partial charge is 0.337 e. The molecule has 0 spiro atoms. The summed E-state index contributed by atoms with van der Waals surface area (Å²) in [5.41, 5.74) is 1.82. The monoisotopic (exact) mass is 414 g/mol. The first kappa shape index (κ1) is 20.1. The number of nitrogens with zero attached hydrogens (tertiary/aromatic N) is 1. The number of anilines is 3. The molecule has 0 fully saturated rings. The minimum atomic E-state index is -0.500. The first-order valence-corrected chi connectivity index (χ1v) is 9.24. The van der Waals surface area contributed by atoms with Gasteiger partial charge in [0.2, 0.25) is 5.91 Å². The molecule has 3 amide bonds. The van der Waals surface area contributed by atoms with E-state index >= 15 is 0 Å². The SMILES string of the molecule is COC(=O)c1cccc(NC(=O)Nc2cc(OC)c3nc(NC(C)=O)sc3c2)c1. The largest absolute Gasteiger partial charge is 0.494 e. The number of rotatable bonds is 5. The summed E-state index contributed by atoms with van der Waals surface area (Å²) in [5, 5.41) is 8.44. The summed E-state index contributed by atoms with van der Waals surface area (Å²) in [6.45, 7) is 1.40. The Kier molecular flexibility index (Phi) is 5.93. The first-order valence-electron chi connectivity index (χ1n) is 8.42. The lowest BCUT2D eigenvalue weighted by Crippen LogP contribution is -2.19. The van der Waals surface area contributed by atoms with E-state index in [1.165, 1.54) is 38.5 Å². The number of benzene rings is 2. The summed E-state index contributed by atoms with van der Waals surface area (Å²) in [6, 6.07) is 9.24. The van der Waals surface area contributed by atoms with E-state index < -0.39 is 12.0 Å². The van der Waals surface area contributed by atoms with Crippen LogP contribution < -0.4 is 20.7 Å². The molecule has 0 aliphatic carbocycles. The fourth-order valence-electron chi connectivity index (χ4n) is 2.57. The molecule has 0 radical (unpaired) electrons. The average Bonchev–Trinajstić information content (AvgIpc) is 3.08. The number of aromatic nitrogens is 1. The fraction of sp³-hybridized carbons (Fsp3) is 0.158. The zero-order valence-corrected chi connectivity index (χ0v) is 16.7. The van der Waals surface area contributed by atoms with Crippen LogP contribution in [0.25, 0.3) is 10.2 Å². The van der Waals surface area contributed by atoms with Crippen LogP contribution in [0.1, 0.15) is 17.3 Å². The molecule has 1 heterocycles. The molecule has 0 atom stereocenters. The minimum absolute atomic E-state index is 0.227. The summed E-state index contributed by atoms with van der Waals surface area (Å²) in [6.07, 6.45) is 0. The van der Waals surface area contributed by atoms with Gasteiger partial charge in [-0.25, -0.2) is 14.6 Å². The topological polar surface area (TPSA) is 119 Å². The molecule has 1 aromatic heterocycles. The molecule has 3 rings (SSSR count). The van der Waals surface area contributed by atoms with Gasteiger partial charge in [-0.1, -0.05) is 17.4 Å². The minimum Gasteiger partial charge on any atom is -0.494 e. The van der Waals surface area contributed by atoms with Crippen LogP contribution in [0.4, 0.5) is 21.3 Å². The maximum absolute atomic E-state index is 12.4. The van der Waals surface area contributed by atoms with E-state index in [0.717, 1.165) is 4.70 Å². The predicted octanol–water partition coefficient (Wildman–Crippen LogP) is 3.69. The Bertz CT molecular complexity index is 1100. The summed E-state index contributed by atoms with van der Waals surface area (Å²) >= 11 is 1.26. The van der Waals surface area contributed by atoms with Crippen LogP contribution in [-0.4, -0.2) is 37.1 Å². The van der Waals surface area contributed by atoms with Crippen LogP contribution in [-0.2, 0) is 9.53 Å². The highest BCUT2D eigenvalue weighted by molar-refractivity contribution is 7.22. The number of esters is 1. The molecule has 3 N–H and O–H groups in total. The third-order valence-corrected chi connectivity index (χ3v) is 4.68. The van der Waals surface area contributed by atoms with Gasteiger partial charge in [-0.15, -0.1) is 0 Å². The Morgan fingerprint density at radius 3 is 2.45 bits per heavy atom. The quantitative estimate of drug-likeness (QED) is 0.548. The standard InChI is InChI=1S/C19H18N4O5S/c1-10(24)20-19-23-16-14(27-2)8-13(9-15(16)29-19)22-18(26)21-12-6-4-5-11(7-12)17(25)28-3/h4-9H,1-3H3,(H,20,23,24)(H2,21,22,26). The van der Waals surface area contributed by atoms with Crippen molar-refractivity contribution in [2.45, 2.75) is 6.92 Å². The van der Waals surface area contributed by atoms with Crippen LogP contribution >= 0.6 is 11.3 Å². The van der Waals surface area contributed by atoms with E-state index in [0.29, 0.717) is 33.3 Å². The van der Waals surface area contributed by atoms with Crippen molar-refractivity contribution in [2.75, 3.05) is 30.2 Å². The van der Waals surface area contributed by atoms with E-state index in [9.17, 15) is 14.4 Å². The molecule has 0 aliphatic heterocycles. The lowest BCUT2D eigenvalue weighted by Gasteiger charge is -2.10. The van der Waals surface area contributed by atoms with Gasteiger partial charge in [0.15, 0.2) is 5.13 Å². The summed E-state index contributed by atoms with van der Waals surface area (Å²) in [7, 11) is 2.78. The highest BCUT2D eigenvalue weighted by Gasteiger charge is 2.14. The lowest BCUT2D eigenvalue weighted by atomic mass is 10.2. The molecule has 3 aromatic rings. The maximum atomic E-state index is 12.4. The van der Waals surface area contributed by atoms with Crippen LogP contribution in [0.2, 0.25) is 0 Å². The number of amides is 3. The van der Waals surface area contributed by atoms with Crippen molar-refractivity contribution in [1.29, 1.82) is 0 Å². The average molecular weight is 414 g/mol. The third kappa shape index (κ3) is 4.79. The summed E-state index contributed by atoms with van der Waals surface area (Å²) < 4.78 is 10.8. The van der Waals surface area contributed by atoms with Crippen molar-refractivity contribution in [3.63, 3.8) is 0 Å². The van der Waals surface area contributed by atoms with Crippen LogP contribution in [0.3, 0.4) is 0 Å². The molecular weight excluding hydrogens is 396 g/mol.